The number of carbonyl (C=O) groups is 1. The fourth-order valence-electron chi connectivity index (χ4n) is 3.27. The summed E-state index contributed by atoms with van der Waals surface area (Å²) in [7, 11) is 0. The number of thiazole rings is 1. The van der Waals surface area contributed by atoms with Gasteiger partial charge in [-0.05, 0) is 46.1 Å². The van der Waals surface area contributed by atoms with Gasteiger partial charge in [-0.3, -0.25) is 4.79 Å². The van der Waals surface area contributed by atoms with Crippen LogP contribution in [0.5, 0.6) is 0 Å². The van der Waals surface area contributed by atoms with Gasteiger partial charge >= 0.3 is 5.97 Å². The fraction of sp³-hybridized carbons (Fsp3) is 0.733. The summed E-state index contributed by atoms with van der Waals surface area (Å²) < 4.78 is 0. The molecule has 3 rings (SSSR count). The number of nitrogens with zero attached hydrogens (tertiary/aromatic N) is 2. The second kappa shape index (κ2) is 5.57. The molecule has 2 atom stereocenters. The Bertz CT molecular complexity index is 529. The zero-order valence-electron chi connectivity index (χ0n) is 12.6. The van der Waals surface area contributed by atoms with E-state index in [1.807, 2.05) is 5.38 Å². The number of aromatic nitrogens is 1. The molecule has 6 heteroatoms. The van der Waals surface area contributed by atoms with Crippen LogP contribution in [0.25, 0.3) is 0 Å². The molecule has 3 heterocycles. The molecular weight excluding hydrogens is 286 g/mol. The van der Waals surface area contributed by atoms with Crippen molar-refractivity contribution in [1.82, 2.24) is 9.88 Å². The van der Waals surface area contributed by atoms with Crippen molar-refractivity contribution in [2.24, 2.45) is 0 Å². The van der Waals surface area contributed by atoms with Gasteiger partial charge in [0.05, 0.1) is 5.69 Å². The van der Waals surface area contributed by atoms with Crippen LogP contribution in [-0.4, -0.2) is 46.1 Å². The number of aliphatic carboxylic acids is 1. The summed E-state index contributed by atoms with van der Waals surface area (Å²) in [5.41, 5.74) is -0.286. The third kappa shape index (κ3) is 2.92. The lowest BCUT2D eigenvalue weighted by Gasteiger charge is -2.35. The van der Waals surface area contributed by atoms with E-state index in [1.54, 1.807) is 13.8 Å². The normalized spacial score (nSPS) is 26.6. The summed E-state index contributed by atoms with van der Waals surface area (Å²) in [4.78, 5) is 18.4. The third-order valence-corrected chi connectivity index (χ3v) is 5.60. The summed E-state index contributed by atoms with van der Waals surface area (Å²) in [5.74, 6) is -0.835. The molecule has 0 amide bonds. The summed E-state index contributed by atoms with van der Waals surface area (Å²) >= 11 is 1.51. The highest BCUT2D eigenvalue weighted by Gasteiger charge is 2.34. The van der Waals surface area contributed by atoms with E-state index in [1.165, 1.54) is 43.7 Å². The molecule has 0 spiro atoms. The Kier molecular flexibility index (Phi) is 3.92. The van der Waals surface area contributed by atoms with Gasteiger partial charge in [-0.25, -0.2) is 4.98 Å². The van der Waals surface area contributed by atoms with Crippen molar-refractivity contribution in [3.05, 3.63) is 11.1 Å². The monoisotopic (exact) mass is 309 g/mol. The van der Waals surface area contributed by atoms with Crippen LogP contribution in [0, 0.1) is 0 Å². The molecule has 21 heavy (non-hydrogen) atoms. The highest BCUT2D eigenvalue weighted by molar-refractivity contribution is 7.13. The summed E-state index contributed by atoms with van der Waals surface area (Å²) in [6.45, 7) is 5.82. The number of carboxylic acid groups (broad SMARTS) is 1. The average molecular weight is 309 g/mol. The van der Waals surface area contributed by atoms with Gasteiger partial charge < -0.3 is 15.3 Å². The molecule has 2 fully saturated rings. The Morgan fingerprint density at radius 3 is 3.05 bits per heavy atom. The van der Waals surface area contributed by atoms with Crippen LogP contribution in [-0.2, 0) is 10.2 Å². The van der Waals surface area contributed by atoms with Gasteiger partial charge in [0.15, 0.2) is 5.13 Å². The first kappa shape index (κ1) is 14.8. The molecular formula is C15H23N3O2S. The molecule has 2 saturated heterocycles. The molecule has 1 aromatic rings. The molecule has 2 unspecified atom stereocenters. The van der Waals surface area contributed by atoms with Crippen LogP contribution >= 0.6 is 11.3 Å². The SMILES string of the molecule is CC(C)(C(=O)O)c1csc(NC2CCN3CCCC3C2)n1. The Labute approximate surface area is 129 Å². The van der Waals surface area contributed by atoms with E-state index in [0.29, 0.717) is 11.7 Å². The number of anilines is 1. The first-order valence-corrected chi connectivity index (χ1v) is 8.55. The number of fused-ring (bicyclic) bond motifs is 1. The Morgan fingerprint density at radius 1 is 1.48 bits per heavy atom. The van der Waals surface area contributed by atoms with Crippen molar-refractivity contribution in [3.63, 3.8) is 0 Å². The first-order chi connectivity index (χ1) is 9.96. The zero-order valence-corrected chi connectivity index (χ0v) is 13.4. The van der Waals surface area contributed by atoms with E-state index in [-0.39, 0.29) is 0 Å². The minimum atomic E-state index is -0.925. The number of piperidine rings is 1. The molecule has 0 aliphatic carbocycles. The van der Waals surface area contributed by atoms with E-state index < -0.39 is 11.4 Å². The van der Waals surface area contributed by atoms with Gasteiger partial charge in [0.25, 0.3) is 0 Å². The van der Waals surface area contributed by atoms with Gasteiger partial charge in [-0.1, -0.05) is 0 Å². The quantitative estimate of drug-likeness (QED) is 0.895. The molecule has 0 bridgehead atoms. The van der Waals surface area contributed by atoms with Gasteiger partial charge in [0.1, 0.15) is 5.41 Å². The van der Waals surface area contributed by atoms with Crippen molar-refractivity contribution >= 4 is 22.4 Å². The average Bonchev–Trinajstić information content (AvgIpc) is 3.06. The van der Waals surface area contributed by atoms with E-state index in [4.69, 9.17) is 0 Å². The van der Waals surface area contributed by atoms with Crippen LogP contribution in [0.1, 0.15) is 45.2 Å². The zero-order chi connectivity index (χ0) is 15.0. The van der Waals surface area contributed by atoms with Crippen LogP contribution < -0.4 is 5.32 Å². The molecule has 1 aromatic heterocycles. The van der Waals surface area contributed by atoms with Crippen LogP contribution in [0.4, 0.5) is 5.13 Å². The summed E-state index contributed by atoms with van der Waals surface area (Å²) in [5, 5.41) is 15.5. The smallest absolute Gasteiger partial charge is 0.315 e. The molecule has 2 aliphatic rings. The maximum absolute atomic E-state index is 11.3. The van der Waals surface area contributed by atoms with Crippen molar-refractivity contribution in [2.75, 3.05) is 18.4 Å². The number of nitrogens with one attached hydrogen (secondary N) is 1. The molecule has 5 nitrogen and oxygen atoms in total. The molecule has 116 valence electrons. The molecule has 0 radical (unpaired) electrons. The molecule has 2 aliphatic heterocycles. The van der Waals surface area contributed by atoms with Gasteiger partial charge in [0, 0.05) is 24.0 Å². The van der Waals surface area contributed by atoms with Crippen LogP contribution in [0.15, 0.2) is 5.38 Å². The van der Waals surface area contributed by atoms with Gasteiger partial charge in [-0.15, -0.1) is 11.3 Å². The minimum absolute atomic E-state index is 0.469. The number of hydrogen-bond acceptors (Lipinski definition) is 5. The van der Waals surface area contributed by atoms with E-state index >= 15 is 0 Å². The molecule has 0 aromatic carbocycles. The molecule has 0 saturated carbocycles. The van der Waals surface area contributed by atoms with Crippen molar-refractivity contribution in [3.8, 4) is 0 Å². The van der Waals surface area contributed by atoms with E-state index in [2.05, 4.69) is 15.2 Å². The molecule has 2 N–H and O–H groups in total. The predicted octanol–water partition coefficient (Wildman–Crippen LogP) is 2.54. The van der Waals surface area contributed by atoms with Crippen LogP contribution in [0.3, 0.4) is 0 Å². The Balaban J connectivity index is 1.64. The van der Waals surface area contributed by atoms with E-state index in [9.17, 15) is 9.90 Å². The minimum Gasteiger partial charge on any atom is -0.481 e. The van der Waals surface area contributed by atoms with Crippen molar-refractivity contribution in [2.45, 2.75) is 57.0 Å². The standard InChI is InChI=1S/C15H23N3O2S/c1-15(2,13(19)20)12-9-21-14(17-12)16-10-5-7-18-6-3-4-11(18)8-10/h9-11H,3-8H2,1-2H3,(H,16,17)(H,19,20). The highest BCUT2D eigenvalue weighted by atomic mass is 32.1. The largest absolute Gasteiger partial charge is 0.481 e. The van der Waals surface area contributed by atoms with Gasteiger partial charge in [-0.2, -0.15) is 0 Å². The predicted molar refractivity (Wildman–Crippen MR) is 84.0 cm³/mol. The van der Waals surface area contributed by atoms with Crippen LogP contribution in [0.2, 0.25) is 0 Å². The van der Waals surface area contributed by atoms with E-state index in [0.717, 1.165) is 17.6 Å². The Hall–Kier alpha value is -1.14. The maximum atomic E-state index is 11.3. The van der Waals surface area contributed by atoms with Gasteiger partial charge in [0.2, 0.25) is 0 Å². The summed E-state index contributed by atoms with van der Waals surface area (Å²) in [6.07, 6.45) is 4.96. The number of carboxylic acids is 1. The first-order valence-electron chi connectivity index (χ1n) is 7.67. The lowest BCUT2D eigenvalue weighted by atomic mass is 9.90. The topological polar surface area (TPSA) is 65.5 Å². The Morgan fingerprint density at radius 2 is 2.29 bits per heavy atom. The second-order valence-corrected chi connectivity index (χ2v) is 7.52. The summed E-state index contributed by atoms with van der Waals surface area (Å²) in [6, 6.07) is 1.20. The third-order valence-electron chi connectivity index (χ3n) is 4.83. The van der Waals surface area contributed by atoms with Crippen molar-refractivity contribution < 1.29 is 9.90 Å². The maximum Gasteiger partial charge on any atom is 0.315 e. The van der Waals surface area contributed by atoms with Crippen molar-refractivity contribution in [1.29, 1.82) is 0 Å². The number of rotatable bonds is 4. The lowest BCUT2D eigenvalue weighted by molar-refractivity contribution is -0.142. The fourth-order valence-corrected chi connectivity index (χ4v) is 4.22. The lowest BCUT2D eigenvalue weighted by Crippen LogP contribution is -2.42. The number of hydrogen-bond donors (Lipinski definition) is 2. The highest BCUT2D eigenvalue weighted by Crippen LogP contribution is 2.31. The second-order valence-electron chi connectivity index (χ2n) is 6.67.